The molecule has 1 aromatic carbocycles. The summed E-state index contributed by atoms with van der Waals surface area (Å²) in [7, 11) is 0. The molecule has 33 heavy (non-hydrogen) atoms. The molecule has 2 aliphatic heterocycles. The zero-order valence-electron chi connectivity index (χ0n) is 19.6. The van der Waals surface area contributed by atoms with Crippen LogP contribution >= 0.6 is 0 Å². The van der Waals surface area contributed by atoms with E-state index in [-0.39, 0.29) is 24.5 Å². The SMILES string of the molecule is C=C(OC(C)(C)C)C(OC(C)=O)C1OCCN(c2ccc(F)c(C(=O)N3CCCC3)c2)C1=O. The molecule has 2 unspecified atom stereocenters. The number of hydrogen-bond acceptors (Lipinski definition) is 6. The van der Waals surface area contributed by atoms with Gasteiger partial charge < -0.3 is 24.0 Å². The fourth-order valence-electron chi connectivity index (χ4n) is 3.94. The topological polar surface area (TPSA) is 85.4 Å². The van der Waals surface area contributed by atoms with Gasteiger partial charge in [-0.15, -0.1) is 0 Å². The van der Waals surface area contributed by atoms with Gasteiger partial charge in [0, 0.05) is 32.2 Å². The van der Waals surface area contributed by atoms with Gasteiger partial charge in [0.05, 0.1) is 12.2 Å². The molecular weight excluding hydrogens is 431 g/mol. The molecule has 0 radical (unpaired) electrons. The Balaban J connectivity index is 1.87. The number of amides is 2. The van der Waals surface area contributed by atoms with E-state index in [0.717, 1.165) is 12.8 Å². The predicted octanol–water partition coefficient (Wildman–Crippen LogP) is 3.05. The zero-order chi connectivity index (χ0) is 24.3. The van der Waals surface area contributed by atoms with Crippen molar-refractivity contribution < 1.29 is 33.0 Å². The van der Waals surface area contributed by atoms with Crippen LogP contribution in [0.1, 0.15) is 50.9 Å². The summed E-state index contributed by atoms with van der Waals surface area (Å²) < 4.78 is 31.2. The van der Waals surface area contributed by atoms with E-state index in [2.05, 4.69) is 6.58 Å². The normalized spacial score (nSPS) is 19.9. The zero-order valence-corrected chi connectivity index (χ0v) is 19.6. The Morgan fingerprint density at radius 3 is 2.48 bits per heavy atom. The van der Waals surface area contributed by atoms with Gasteiger partial charge in [0.1, 0.15) is 17.2 Å². The van der Waals surface area contributed by atoms with Crippen molar-refractivity contribution in [1.82, 2.24) is 4.90 Å². The number of halogens is 1. The Labute approximate surface area is 193 Å². The van der Waals surface area contributed by atoms with Crippen LogP contribution in [0.3, 0.4) is 0 Å². The number of nitrogens with zero attached hydrogens (tertiary/aromatic N) is 2. The minimum Gasteiger partial charge on any atom is -0.489 e. The first-order chi connectivity index (χ1) is 15.5. The van der Waals surface area contributed by atoms with Crippen LogP contribution in [-0.4, -0.2) is 66.7 Å². The molecule has 2 heterocycles. The molecule has 180 valence electrons. The summed E-state index contributed by atoms with van der Waals surface area (Å²) in [6.07, 6.45) is -0.591. The van der Waals surface area contributed by atoms with Crippen LogP contribution in [0.25, 0.3) is 0 Å². The maximum Gasteiger partial charge on any atom is 0.303 e. The van der Waals surface area contributed by atoms with Gasteiger partial charge in [-0.05, 0) is 51.8 Å². The molecule has 2 fully saturated rings. The van der Waals surface area contributed by atoms with Gasteiger partial charge in [0.15, 0.2) is 12.2 Å². The van der Waals surface area contributed by atoms with Gasteiger partial charge in [0.25, 0.3) is 11.8 Å². The number of ether oxygens (including phenoxy) is 3. The average molecular weight is 463 g/mol. The Hall–Kier alpha value is -2.94. The van der Waals surface area contributed by atoms with E-state index in [1.54, 1.807) is 25.7 Å². The molecule has 0 bridgehead atoms. The molecule has 2 aliphatic rings. The summed E-state index contributed by atoms with van der Waals surface area (Å²) in [6.45, 7) is 12.0. The van der Waals surface area contributed by atoms with Crippen LogP contribution in [0.4, 0.5) is 10.1 Å². The standard InChI is InChI=1S/C24H31FN2O6/c1-15(33-24(3,4)5)20(32-16(2)28)21-23(30)27(12-13-31-21)17-8-9-19(25)18(14-17)22(29)26-10-6-7-11-26/h8-9,14,20-21H,1,6-7,10-13H2,2-5H3. The smallest absolute Gasteiger partial charge is 0.303 e. The van der Waals surface area contributed by atoms with Crippen LogP contribution in [0.5, 0.6) is 0 Å². The van der Waals surface area contributed by atoms with E-state index < -0.39 is 41.4 Å². The highest BCUT2D eigenvalue weighted by Gasteiger charge is 2.42. The van der Waals surface area contributed by atoms with Crippen LogP contribution in [-0.2, 0) is 23.8 Å². The van der Waals surface area contributed by atoms with Crippen molar-refractivity contribution in [2.45, 2.75) is 58.3 Å². The van der Waals surface area contributed by atoms with Crippen molar-refractivity contribution in [2.24, 2.45) is 0 Å². The monoisotopic (exact) mass is 462 g/mol. The molecule has 2 atom stereocenters. The average Bonchev–Trinajstić information content (AvgIpc) is 3.26. The molecule has 0 spiro atoms. The third-order valence-electron chi connectivity index (χ3n) is 5.33. The Bertz CT molecular complexity index is 935. The molecule has 2 saturated heterocycles. The molecular formula is C24H31FN2O6. The summed E-state index contributed by atoms with van der Waals surface area (Å²) in [5.74, 6) is -2.07. The van der Waals surface area contributed by atoms with Crippen molar-refractivity contribution >= 4 is 23.5 Å². The molecule has 0 aliphatic carbocycles. The number of likely N-dealkylation sites (tertiary alicyclic amines) is 1. The molecule has 8 nitrogen and oxygen atoms in total. The van der Waals surface area contributed by atoms with E-state index in [1.807, 2.05) is 0 Å². The second-order valence-electron chi connectivity index (χ2n) is 9.16. The third kappa shape index (κ3) is 5.90. The van der Waals surface area contributed by atoms with E-state index in [4.69, 9.17) is 14.2 Å². The van der Waals surface area contributed by atoms with Gasteiger partial charge >= 0.3 is 5.97 Å². The van der Waals surface area contributed by atoms with Crippen LogP contribution in [0.2, 0.25) is 0 Å². The van der Waals surface area contributed by atoms with Gasteiger partial charge in [-0.1, -0.05) is 6.58 Å². The molecule has 0 saturated carbocycles. The summed E-state index contributed by atoms with van der Waals surface area (Å²) in [5.41, 5.74) is -0.349. The minimum atomic E-state index is -1.19. The maximum absolute atomic E-state index is 14.5. The Morgan fingerprint density at radius 1 is 1.21 bits per heavy atom. The summed E-state index contributed by atoms with van der Waals surface area (Å²) >= 11 is 0. The number of benzene rings is 1. The summed E-state index contributed by atoms with van der Waals surface area (Å²) in [4.78, 5) is 40.9. The number of carbonyl (C=O) groups is 3. The predicted molar refractivity (Wildman–Crippen MR) is 119 cm³/mol. The van der Waals surface area contributed by atoms with Crippen LogP contribution in [0, 0.1) is 5.82 Å². The second-order valence-corrected chi connectivity index (χ2v) is 9.16. The molecule has 1 aromatic rings. The number of carbonyl (C=O) groups excluding carboxylic acids is 3. The van der Waals surface area contributed by atoms with Gasteiger partial charge in [-0.2, -0.15) is 0 Å². The lowest BCUT2D eigenvalue weighted by atomic mass is 10.1. The first-order valence-corrected chi connectivity index (χ1v) is 11.0. The fourth-order valence-corrected chi connectivity index (χ4v) is 3.94. The summed E-state index contributed by atoms with van der Waals surface area (Å²) in [6, 6.07) is 4.01. The van der Waals surface area contributed by atoms with Crippen molar-refractivity contribution in [3.63, 3.8) is 0 Å². The first-order valence-electron chi connectivity index (χ1n) is 11.0. The number of anilines is 1. The highest BCUT2D eigenvalue weighted by molar-refractivity contribution is 6.00. The largest absolute Gasteiger partial charge is 0.489 e. The highest BCUT2D eigenvalue weighted by atomic mass is 19.1. The fraction of sp³-hybridized carbons (Fsp3) is 0.542. The molecule has 0 N–H and O–H groups in total. The second kappa shape index (κ2) is 9.91. The number of rotatable bonds is 6. The van der Waals surface area contributed by atoms with E-state index in [0.29, 0.717) is 18.8 Å². The quantitative estimate of drug-likeness (QED) is 0.477. The van der Waals surface area contributed by atoms with E-state index in [1.165, 1.54) is 30.0 Å². The summed E-state index contributed by atoms with van der Waals surface area (Å²) in [5, 5.41) is 0. The molecule has 3 rings (SSSR count). The van der Waals surface area contributed by atoms with Gasteiger partial charge in [-0.3, -0.25) is 14.4 Å². The van der Waals surface area contributed by atoms with Crippen LogP contribution < -0.4 is 4.90 Å². The lowest BCUT2D eigenvalue weighted by Gasteiger charge is -2.37. The van der Waals surface area contributed by atoms with Gasteiger partial charge in [0.2, 0.25) is 0 Å². The van der Waals surface area contributed by atoms with Crippen molar-refractivity contribution in [2.75, 3.05) is 31.1 Å². The molecule has 0 aromatic heterocycles. The lowest BCUT2D eigenvalue weighted by molar-refractivity contribution is -0.164. The minimum absolute atomic E-state index is 0.0812. The van der Waals surface area contributed by atoms with Crippen molar-refractivity contribution in [3.05, 3.63) is 41.9 Å². The maximum atomic E-state index is 14.5. The Morgan fingerprint density at radius 2 is 1.88 bits per heavy atom. The third-order valence-corrected chi connectivity index (χ3v) is 5.33. The van der Waals surface area contributed by atoms with E-state index >= 15 is 0 Å². The first kappa shape index (κ1) is 24.7. The lowest BCUT2D eigenvalue weighted by Crippen LogP contribution is -2.54. The van der Waals surface area contributed by atoms with Crippen molar-refractivity contribution in [1.29, 1.82) is 0 Å². The van der Waals surface area contributed by atoms with Crippen LogP contribution in [0.15, 0.2) is 30.5 Å². The highest BCUT2D eigenvalue weighted by Crippen LogP contribution is 2.28. The Kier molecular flexibility index (Phi) is 7.41. The molecule has 9 heteroatoms. The van der Waals surface area contributed by atoms with Gasteiger partial charge in [-0.25, -0.2) is 4.39 Å². The molecule has 2 amide bonds. The number of morpholine rings is 1. The number of hydrogen-bond donors (Lipinski definition) is 0. The van der Waals surface area contributed by atoms with E-state index in [9.17, 15) is 18.8 Å². The van der Waals surface area contributed by atoms with Crippen molar-refractivity contribution in [3.8, 4) is 0 Å². The number of esters is 1.